The van der Waals surface area contributed by atoms with E-state index in [2.05, 4.69) is 5.32 Å². The van der Waals surface area contributed by atoms with Crippen molar-refractivity contribution in [3.63, 3.8) is 0 Å². The van der Waals surface area contributed by atoms with E-state index in [1.54, 1.807) is 0 Å². The molecule has 1 aliphatic rings. The second-order valence-corrected chi connectivity index (χ2v) is 6.12. The monoisotopic (exact) mass is 327 g/mol. The van der Waals surface area contributed by atoms with Gasteiger partial charge in [0.15, 0.2) is 0 Å². The zero-order valence-corrected chi connectivity index (χ0v) is 12.6. The van der Waals surface area contributed by atoms with Crippen LogP contribution in [0, 0.1) is 11.6 Å². The molecule has 2 aromatic rings. The summed E-state index contributed by atoms with van der Waals surface area (Å²) in [5.41, 5.74) is 1.70. The van der Waals surface area contributed by atoms with Gasteiger partial charge in [0, 0.05) is 6.04 Å². The van der Waals surface area contributed by atoms with E-state index in [1.807, 2.05) is 12.1 Å². The Morgan fingerprint density at radius 3 is 2.05 bits per heavy atom. The maximum atomic E-state index is 13.1. The lowest BCUT2D eigenvalue weighted by Crippen LogP contribution is -2.34. The fourth-order valence-electron chi connectivity index (χ4n) is 2.63. The van der Waals surface area contributed by atoms with Crippen molar-refractivity contribution in [2.45, 2.75) is 24.8 Å². The lowest BCUT2D eigenvalue weighted by Gasteiger charge is -2.37. The van der Waals surface area contributed by atoms with Gasteiger partial charge in [-0.05, 0) is 48.6 Å². The summed E-state index contributed by atoms with van der Waals surface area (Å²) in [6, 6.07) is 9.30. The standard InChI is InChI=1S/C16H13Cl2F2N/c17-14-7-12(20)8-15(18)16(14)21-13-5-10(6-13)9-1-3-11(19)4-2-9/h1-4,7-8,10,13,21H,5-6H2. The lowest BCUT2D eigenvalue weighted by atomic mass is 9.76. The maximum absolute atomic E-state index is 13.1. The van der Waals surface area contributed by atoms with E-state index in [9.17, 15) is 8.78 Å². The Morgan fingerprint density at radius 2 is 1.48 bits per heavy atom. The van der Waals surface area contributed by atoms with Crippen LogP contribution in [-0.2, 0) is 0 Å². The van der Waals surface area contributed by atoms with E-state index in [0.717, 1.165) is 18.4 Å². The minimum Gasteiger partial charge on any atom is -0.380 e. The molecule has 1 fully saturated rings. The minimum atomic E-state index is -0.451. The Labute approximate surface area is 131 Å². The molecule has 1 aliphatic carbocycles. The van der Waals surface area contributed by atoms with E-state index in [4.69, 9.17) is 23.2 Å². The van der Waals surface area contributed by atoms with Gasteiger partial charge in [-0.15, -0.1) is 0 Å². The number of hydrogen-bond acceptors (Lipinski definition) is 1. The van der Waals surface area contributed by atoms with Crippen LogP contribution >= 0.6 is 23.2 Å². The van der Waals surface area contributed by atoms with Gasteiger partial charge in [-0.25, -0.2) is 8.78 Å². The third kappa shape index (κ3) is 3.14. The summed E-state index contributed by atoms with van der Waals surface area (Å²) in [5, 5.41) is 3.81. The first-order valence-electron chi connectivity index (χ1n) is 6.69. The molecular formula is C16H13Cl2F2N. The Morgan fingerprint density at radius 1 is 0.905 bits per heavy atom. The first-order chi connectivity index (χ1) is 10.0. The van der Waals surface area contributed by atoms with Crippen LogP contribution in [0.15, 0.2) is 36.4 Å². The van der Waals surface area contributed by atoms with Gasteiger partial charge in [0.05, 0.1) is 15.7 Å². The SMILES string of the molecule is Fc1ccc(C2CC(Nc3c(Cl)cc(F)cc3Cl)C2)cc1. The average Bonchev–Trinajstić information content (AvgIpc) is 2.37. The number of hydrogen-bond donors (Lipinski definition) is 1. The quantitative estimate of drug-likeness (QED) is 0.770. The highest BCUT2D eigenvalue weighted by atomic mass is 35.5. The second-order valence-electron chi connectivity index (χ2n) is 5.31. The van der Waals surface area contributed by atoms with Crippen LogP contribution < -0.4 is 5.32 Å². The van der Waals surface area contributed by atoms with Crippen molar-refractivity contribution >= 4 is 28.9 Å². The molecule has 0 unspecified atom stereocenters. The summed E-state index contributed by atoms with van der Waals surface area (Å²) in [6.07, 6.45) is 1.82. The molecule has 0 spiro atoms. The molecular weight excluding hydrogens is 315 g/mol. The maximum Gasteiger partial charge on any atom is 0.126 e. The summed E-state index contributed by atoms with van der Waals surface area (Å²) in [4.78, 5) is 0. The molecule has 110 valence electrons. The van der Waals surface area contributed by atoms with Crippen molar-refractivity contribution in [1.29, 1.82) is 0 Å². The van der Waals surface area contributed by atoms with Crippen molar-refractivity contribution in [1.82, 2.24) is 0 Å². The smallest absolute Gasteiger partial charge is 0.126 e. The molecule has 0 aliphatic heterocycles. The fourth-order valence-corrected chi connectivity index (χ4v) is 3.20. The van der Waals surface area contributed by atoms with Crippen LogP contribution in [0.5, 0.6) is 0 Å². The van der Waals surface area contributed by atoms with Gasteiger partial charge in [0.25, 0.3) is 0 Å². The number of halogens is 4. The summed E-state index contributed by atoms with van der Waals surface area (Å²) in [5.74, 6) is -0.271. The Hall–Kier alpha value is -1.32. The molecule has 2 aromatic carbocycles. The van der Waals surface area contributed by atoms with Crippen molar-refractivity contribution in [2.75, 3.05) is 5.32 Å². The van der Waals surface area contributed by atoms with Crippen molar-refractivity contribution in [3.05, 3.63) is 63.6 Å². The zero-order valence-electron chi connectivity index (χ0n) is 11.0. The fraction of sp³-hybridized carbons (Fsp3) is 0.250. The third-order valence-electron chi connectivity index (χ3n) is 3.83. The summed E-state index contributed by atoms with van der Waals surface area (Å²) in [7, 11) is 0. The number of anilines is 1. The number of rotatable bonds is 3. The molecule has 3 rings (SSSR count). The second kappa shape index (κ2) is 5.82. The van der Waals surface area contributed by atoms with E-state index in [0.29, 0.717) is 11.6 Å². The molecule has 1 saturated carbocycles. The minimum absolute atomic E-state index is 0.224. The van der Waals surface area contributed by atoms with Gasteiger partial charge in [-0.2, -0.15) is 0 Å². The highest BCUT2D eigenvalue weighted by molar-refractivity contribution is 6.39. The molecule has 0 heterocycles. The van der Waals surface area contributed by atoms with Gasteiger partial charge in [0.2, 0.25) is 0 Å². The van der Waals surface area contributed by atoms with Crippen LogP contribution in [0.1, 0.15) is 24.3 Å². The van der Waals surface area contributed by atoms with E-state index in [1.165, 1.54) is 24.3 Å². The Bertz CT molecular complexity index is 629. The zero-order chi connectivity index (χ0) is 15.0. The molecule has 0 aromatic heterocycles. The largest absolute Gasteiger partial charge is 0.380 e. The molecule has 5 heteroatoms. The van der Waals surface area contributed by atoms with E-state index < -0.39 is 5.82 Å². The topological polar surface area (TPSA) is 12.0 Å². The summed E-state index contributed by atoms with van der Waals surface area (Å²) < 4.78 is 26.0. The van der Waals surface area contributed by atoms with Crippen LogP contribution in [0.4, 0.5) is 14.5 Å². The number of benzene rings is 2. The highest BCUT2D eigenvalue weighted by Crippen LogP contribution is 2.41. The van der Waals surface area contributed by atoms with Crippen LogP contribution in [0.2, 0.25) is 10.0 Å². The highest BCUT2D eigenvalue weighted by Gasteiger charge is 2.31. The Balaban J connectivity index is 1.64. The molecule has 0 amide bonds. The number of nitrogens with one attached hydrogen (secondary N) is 1. The van der Waals surface area contributed by atoms with Gasteiger partial charge < -0.3 is 5.32 Å². The van der Waals surface area contributed by atoms with Gasteiger partial charge in [-0.3, -0.25) is 0 Å². The van der Waals surface area contributed by atoms with Crippen LogP contribution in [0.25, 0.3) is 0 Å². The van der Waals surface area contributed by atoms with Crippen LogP contribution in [-0.4, -0.2) is 6.04 Å². The molecule has 0 saturated heterocycles. The molecule has 0 atom stereocenters. The predicted octanol–water partition coefficient (Wildman–Crippen LogP) is 5.63. The van der Waals surface area contributed by atoms with Crippen molar-refractivity contribution < 1.29 is 8.78 Å². The van der Waals surface area contributed by atoms with E-state index >= 15 is 0 Å². The van der Waals surface area contributed by atoms with Gasteiger partial charge in [0.1, 0.15) is 11.6 Å². The summed E-state index contributed by atoms with van der Waals surface area (Å²) in [6.45, 7) is 0. The average molecular weight is 328 g/mol. The Kier molecular flexibility index (Phi) is 4.05. The lowest BCUT2D eigenvalue weighted by molar-refractivity contribution is 0.374. The molecule has 21 heavy (non-hydrogen) atoms. The molecule has 1 N–H and O–H groups in total. The predicted molar refractivity (Wildman–Crippen MR) is 82.2 cm³/mol. The molecule has 1 nitrogen and oxygen atoms in total. The third-order valence-corrected chi connectivity index (χ3v) is 4.43. The molecule has 0 radical (unpaired) electrons. The summed E-state index contributed by atoms with van der Waals surface area (Å²) >= 11 is 12.0. The van der Waals surface area contributed by atoms with Gasteiger partial charge >= 0.3 is 0 Å². The van der Waals surface area contributed by atoms with Crippen LogP contribution in [0.3, 0.4) is 0 Å². The first-order valence-corrected chi connectivity index (χ1v) is 7.45. The normalized spacial score (nSPS) is 21.0. The van der Waals surface area contributed by atoms with Gasteiger partial charge in [-0.1, -0.05) is 35.3 Å². The molecule has 0 bridgehead atoms. The van der Waals surface area contributed by atoms with Crippen molar-refractivity contribution in [3.8, 4) is 0 Å². The first kappa shape index (κ1) is 14.6. The van der Waals surface area contributed by atoms with E-state index in [-0.39, 0.29) is 21.9 Å². The van der Waals surface area contributed by atoms with Crippen molar-refractivity contribution in [2.24, 2.45) is 0 Å².